The molecular weight excluding hydrogens is 342 g/mol. The number of hydrogen-bond donors (Lipinski definition) is 1. The Bertz CT molecular complexity index is 985. The fourth-order valence-electron chi connectivity index (χ4n) is 2.85. The molecule has 2 N–H and O–H groups in total. The third-order valence-electron chi connectivity index (χ3n) is 4.30. The predicted molar refractivity (Wildman–Crippen MR) is 94.1 cm³/mol. The lowest BCUT2D eigenvalue weighted by atomic mass is 10.2. The van der Waals surface area contributed by atoms with Crippen molar-refractivity contribution in [3.63, 3.8) is 0 Å². The molecule has 0 radical (unpaired) electrons. The topological polar surface area (TPSA) is 101 Å². The first-order valence-electron chi connectivity index (χ1n) is 7.50. The van der Waals surface area contributed by atoms with Gasteiger partial charge in [0.05, 0.1) is 22.6 Å². The third kappa shape index (κ3) is 2.74. The lowest BCUT2D eigenvalue weighted by molar-refractivity contribution is -0.117. The lowest BCUT2D eigenvalue weighted by Crippen LogP contribution is -2.29. The van der Waals surface area contributed by atoms with Crippen LogP contribution in [-0.2, 0) is 21.2 Å². The van der Waals surface area contributed by atoms with E-state index < -0.39 is 15.9 Å². The fourth-order valence-corrected chi connectivity index (χ4v) is 4.12. The van der Waals surface area contributed by atoms with E-state index in [0.29, 0.717) is 11.3 Å². The first-order valence-corrected chi connectivity index (χ1v) is 8.94. The Morgan fingerprint density at radius 1 is 1.20 bits per heavy atom. The van der Waals surface area contributed by atoms with E-state index in [-0.39, 0.29) is 28.5 Å². The molecule has 1 heterocycles. The Morgan fingerprint density at radius 3 is 2.56 bits per heavy atom. The summed E-state index contributed by atoms with van der Waals surface area (Å²) in [6.45, 7) is 0. The Kier molecular flexibility index (Phi) is 4.00. The quantitative estimate of drug-likeness (QED) is 0.884. The maximum Gasteiger partial charge on any atom is 0.264 e. The standard InChI is InChI=1S/C17H17N3O4S/c1-19-14-8-7-12(9-11(14)10-16(19)21)25(23,24)20(2)15-6-4-3-5-13(15)17(18)22/h3-9H,10H2,1-2H3,(H2,18,22). The first kappa shape index (κ1) is 17.0. The minimum absolute atomic E-state index is 0.0520. The predicted octanol–water partition coefficient (Wildman–Crippen LogP) is 1.13. The van der Waals surface area contributed by atoms with Gasteiger partial charge in [-0.25, -0.2) is 8.42 Å². The molecule has 0 saturated carbocycles. The Balaban J connectivity index is 2.05. The van der Waals surface area contributed by atoms with Gasteiger partial charge >= 0.3 is 0 Å². The van der Waals surface area contributed by atoms with Crippen LogP contribution in [0, 0.1) is 0 Å². The average molecular weight is 359 g/mol. The summed E-state index contributed by atoms with van der Waals surface area (Å²) in [6, 6.07) is 10.8. The summed E-state index contributed by atoms with van der Waals surface area (Å²) in [7, 11) is -0.896. The number of amides is 2. The summed E-state index contributed by atoms with van der Waals surface area (Å²) in [4.78, 5) is 24.9. The number of para-hydroxylation sites is 1. The summed E-state index contributed by atoms with van der Waals surface area (Å²) < 4.78 is 26.9. The SMILES string of the molecule is CN1C(=O)Cc2cc(S(=O)(=O)N(C)c3ccccc3C(N)=O)ccc21. The zero-order chi connectivity index (χ0) is 18.4. The van der Waals surface area contributed by atoms with Crippen molar-refractivity contribution in [3.8, 4) is 0 Å². The van der Waals surface area contributed by atoms with Gasteiger partial charge in [-0.15, -0.1) is 0 Å². The van der Waals surface area contributed by atoms with E-state index in [1.807, 2.05) is 0 Å². The molecule has 0 atom stereocenters. The van der Waals surface area contributed by atoms with E-state index in [9.17, 15) is 18.0 Å². The van der Waals surface area contributed by atoms with Crippen molar-refractivity contribution in [1.29, 1.82) is 0 Å². The smallest absolute Gasteiger partial charge is 0.264 e. The monoisotopic (exact) mass is 359 g/mol. The highest BCUT2D eigenvalue weighted by molar-refractivity contribution is 7.92. The number of rotatable bonds is 4. The molecule has 1 aliphatic heterocycles. The normalized spacial score (nSPS) is 13.7. The van der Waals surface area contributed by atoms with Gasteiger partial charge in [-0.05, 0) is 35.9 Å². The van der Waals surface area contributed by atoms with Crippen LogP contribution in [0.15, 0.2) is 47.4 Å². The van der Waals surface area contributed by atoms with Crippen LogP contribution >= 0.6 is 0 Å². The molecule has 0 aromatic heterocycles. The maximum absolute atomic E-state index is 12.9. The second-order valence-corrected chi connectivity index (χ2v) is 7.74. The number of likely N-dealkylation sites (N-methyl/N-ethyl adjacent to an activating group) is 1. The minimum Gasteiger partial charge on any atom is -0.366 e. The number of nitrogens with two attached hydrogens (primary N) is 1. The van der Waals surface area contributed by atoms with Gasteiger partial charge in [0.2, 0.25) is 5.91 Å². The summed E-state index contributed by atoms with van der Waals surface area (Å²) in [5.41, 5.74) is 7.00. The van der Waals surface area contributed by atoms with Crippen molar-refractivity contribution in [1.82, 2.24) is 0 Å². The van der Waals surface area contributed by atoms with Crippen LogP contribution in [0.3, 0.4) is 0 Å². The minimum atomic E-state index is -3.91. The number of nitrogens with zero attached hydrogens (tertiary/aromatic N) is 2. The number of fused-ring (bicyclic) bond motifs is 1. The van der Waals surface area contributed by atoms with Gasteiger partial charge in [0.1, 0.15) is 0 Å². The molecule has 3 rings (SSSR count). The first-order chi connectivity index (χ1) is 11.7. The Morgan fingerprint density at radius 2 is 1.88 bits per heavy atom. The van der Waals surface area contributed by atoms with E-state index in [4.69, 9.17) is 5.73 Å². The largest absolute Gasteiger partial charge is 0.366 e. The number of anilines is 2. The van der Waals surface area contributed by atoms with Crippen LogP contribution in [0.2, 0.25) is 0 Å². The Hall–Kier alpha value is -2.87. The van der Waals surface area contributed by atoms with Gasteiger partial charge < -0.3 is 10.6 Å². The van der Waals surface area contributed by atoms with Crippen LogP contribution in [-0.4, -0.2) is 34.3 Å². The molecule has 0 saturated heterocycles. The van der Waals surface area contributed by atoms with Crippen molar-refractivity contribution in [2.24, 2.45) is 5.73 Å². The van der Waals surface area contributed by atoms with Gasteiger partial charge in [0.15, 0.2) is 0 Å². The zero-order valence-electron chi connectivity index (χ0n) is 13.8. The highest BCUT2D eigenvalue weighted by Gasteiger charge is 2.29. The van der Waals surface area contributed by atoms with E-state index >= 15 is 0 Å². The van der Waals surface area contributed by atoms with E-state index in [0.717, 1.165) is 4.31 Å². The molecule has 0 aliphatic carbocycles. The molecule has 0 fully saturated rings. The number of benzene rings is 2. The number of primary amides is 1. The maximum atomic E-state index is 12.9. The highest BCUT2D eigenvalue weighted by Crippen LogP contribution is 2.32. The average Bonchev–Trinajstić information content (AvgIpc) is 2.88. The van der Waals surface area contributed by atoms with Crippen LogP contribution in [0.4, 0.5) is 11.4 Å². The second kappa shape index (κ2) is 5.89. The highest BCUT2D eigenvalue weighted by atomic mass is 32.2. The molecule has 7 nitrogen and oxygen atoms in total. The van der Waals surface area contributed by atoms with Crippen molar-refractivity contribution >= 4 is 33.2 Å². The lowest BCUT2D eigenvalue weighted by Gasteiger charge is -2.22. The molecule has 2 amide bonds. The summed E-state index contributed by atoms with van der Waals surface area (Å²) in [5.74, 6) is -0.796. The second-order valence-electron chi connectivity index (χ2n) is 5.77. The number of hydrogen-bond acceptors (Lipinski definition) is 4. The van der Waals surface area contributed by atoms with E-state index in [1.54, 1.807) is 25.2 Å². The van der Waals surface area contributed by atoms with Gasteiger partial charge in [-0.3, -0.25) is 13.9 Å². The van der Waals surface area contributed by atoms with Crippen LogP contribution in [0.5, 0.6) is 0 Å². The number of carbonyl (C=O) groups excluding carboxylic acids is 2. The van der Waals surface area contributed by atoms with E-state index in [1.165, 1.54) is 36.2 Å². The van der Waals surface area contributed by atoms with Gasteiger partial charge in [-0.2, -0.15) is 0 Å². The molecule has 25 heavy (non-hydrogen) atoms. The zero-order valence-corrected chi connectivity index (χ0v) is 14.6. The van der Waals surface area contributed by atoms with Crippen LogP contribution in [0.25, 0.3) is 0 Å². The molecule has 1 aliphatic rings. The van der Waals surface area contributed by atoms with E-state index in [2.05, 4.69) is 0 Å². The molecule has 0 spiro atoms. The van der Waals surface area contributed by atoms with Gasteiger partial charge in [0.25, 0.3) is 15.9 Å². The molecule has 8 heteroatoms. The van der Waals surface area contributed by atoms with Crippen molar-refractivity contribution in [3.05, 3.63) is 53.6 Å². The van der Waals surface area contributed by atoms with Gasteiger partial charge in [0, 0.05) is 19.8 Å². The number of sulfonamides is 1. The van der Waals surface area contributed by atoms with Gasteiger partial charge in [-0.1, -0.05) is 12.1 Å². The third-order valence-corrected chi connectivity index (χ3v) is 6.06. The van der Waals surface area contributed by atoms with Crippen LogP contribution in [0.1, 0.15) is 15.9 Å². The Labute approximate surface area is 145 Å². The molecule has 2 aromatic rings. The summed E-state index contributed by atoms with van der Waals surface area (Å²) >= 11 is 0. The van der Waals surface area contributed by atoms with Crippen molar-refractivity contribution in [2.75, 3.05) is 23.3 Å². The summed E-state index contributed by atoms with van der Waals surface area (Å²) in [5, 5.41) is 0. The molecule has 0 unspecified atom stereocenters. The van der Waals surface area contributed by atoms with Crippen molar-refractivity contribution < 1.29 is 18.0 Å². The van der Waals surface area contributed by atoms with Crippen molar-refractivity contribution in [2.45, 2.75) is 11.3 Å². The molecule has 2 aromatic carbocycles. The summed E-state index contributed by atoms with van der Waals surface area (Å²) in [6.07, 6.45) is 0.163. The van der Waals surface area contributed by atoms with Crippen LogP contribution < -0.4 is 14.9 Å². The molecule has 130 valence electrons. The molecule has 0 bridgehead atoms. The number of carbonyl (C=O) groups is 2. The fraction of sp³-hybridized carbons (Fsp3) is 0.176. The molecular formula is C17H17N3O4S.